The van der Waals surface area contributed by atoms with E-state index in [4.69, 9.17) is 26.4 Å². The van der Waals surface area contributed by atoms with Gasteiger partial charge in [0.05, 0.1) is 30.4 Å². The molecule has 2 aromatic rings. The van der Waals surface area contributed by atoms with Crippen LogP contribution in [0.15, 0.2) is 54.5 Å². The van der Waals surface area contributed by atoms with Crippen LogP contribution >= 0.6 is 0 Å². The molecule has 188 valence electrons. The van der Waals surface area contributed by atoms with Crippen molar-refractivity contribution in [3.63, 3.8) is 0 Å². The van der Waals surface area contributed by atoms with Gasteiger partial charge in [0, 0.05) is 61.7 Å². The van der Waals surface area contributed by atoms with Gasteiger partial charge in [-0.2, -0.15) is 0 Å². The summed E-state index contributed by atoms with van der Waals surface area (Å²) in [7, 11) is 0. The van der Waals surface area contributed by atoms with E-state index in [2.05, 4.69) is 25.5 Å². The maximum Gasteiger partial charge on any atom is 0.138 e. The summed E-state index contributed by atoms with van der Waals surface area (Å²) in [5.41, 5.74) is 14.7. The van der Waals surface area contributed by atoms with Crippen molar-refractivity contribution in [2.75, 3.05) is 44.7 Å². The first-order valence-corrected chi connectivity index (χ1v) is 11.8. The molecule has 3 rings (SSSR count). The number of nitrogens with one attached hydrogen (secondary N) is 3. The van der Waals surface area contributed by atoms with E-state index >= 15 is 0 Å². The fourth-order valence-electron chi connectivity index (χ4n) is 3.58. The van der Waals surface area contributed by atoms with Crippen molar-refractivity contribution >= 4 is 28.6 Å². The van der Waals surface area contributed by atoms with Crippen LogP contribution in [-0.2, 0) is 9.47 Å². The van der Waals surface area contributed by atoms with Gasteiger partial charge >= 0.3 is 0 Å². The van der Waals surface area contributed by atoms with E-state index in [9.17, 15) is 0 Å². The van der Waals surface area contributed by atoms with E-state index < -0.39 is 0 Å². The normalized spacial score (nSPS) is 15.9. The van der Waals surface area contributed by atoms with Crippen LogP contribution in [0.4, 0.5) is 5.82 Å². The summed E-state index contributed by atoms with van der Waals surface area (Å²) in [6.07, 6.45) is 8.89. The summed E-state index contributed by atoms with van der Waals surface area (Å²) in [6.45, 7) is 9.29. The molecule has 1 aliphatic heterocycles. The summed E-state index contributed by atoms with van der Waals surface area (Å²) in [5.74, 6) is 1.38. The minimum atomic E-state index is -0.0208. The van der Waals surface area contributed by atoms with Crippen LogP contribution < -0.4 is 22.1 Å². The molecule has 1 saturated heterocycles. The van der Waals surface area contributed by atoms with Crippen molar-refractivity contribution in [2.45, 2.75) is 26.4 Å². The van der Waals surface area contributed by atoms with Gasteiger partial charge in [-0.3, -0.25) is 9.88 Å². The Morgan fingerprint density at radius 1 is 1.29 bits per heavy atom. The van der Waals surface area contributed by atoms with Gasteiger partial charge in [0.2, 0.25) is 0 Å². The van der Waals surface area contributed by atoms with Crippen LogP contribution in [-0.4, -0.2) is 66.6 Å². The highest BCUT2D eigenvalue weighted by atomic mass is 16.5. The fourth-order valence-corrected chi connectivity index (χ4v) is 3.58. The Hall–Kier alpha value is -3.63. The zero-order valence-electron chi connectivity index (χ0n) is 20.5. The zero-order valence-corrected chi connectivity index (χ0v) is 20.5. The third kappa shape index (κ3) is 8.27. The molecule has 0 radical (unpaired) electrons. The molecule has 7 N–H and O–H groups in total. The minimum absolute atomic E-state index is 0.0208. The van der Waals surface area contributed by atoms with E-state index in [1.54, 1.807) is 18.3 Å². The lowest BCUT2D eigenvalue weighted by molar-refractivity contribution is 0.0375. The number of morpholine rings is 1. The average molecular weight is 481 g/mol. The maximum absolute atomic E-state index is 7.85. The lowest BCUT2D eigenvalue weighted by atomic mass is 10.1. The van der Waals surface area contributed by atoms with Crippen LogP contribution in [0, 0.1) is 5.41 Å². The summed E-state index contributed by atoms with van der Waals surface area (Å²) in [6, 6.07) is 5.57. The smallest absolute Gasteiger partial charge is 0.138 e. The number of aromatic nitrogens is 2. The molecule has 2 aromatic heterocycles. The summed E-state index contributed by atoms with van der Waals surface area (Å²) >= 11 is 0. The number of anilines is 1. The molecule has 0 atom stereocenters. The van der Waals surface area contributed by atoms with E-state index in [0.29, 0.717) is 22.9 Å². The van der Waals surface area contributed by atoms with Gasteiger partial charge in [0.15, 0.2) is 0 Å². The molecule has 0 bridgehead atoms. The first-order chi connectivity index (χ1) is 17.0. The molecular weight excluding hydrogens is 444 g/mol. The molecule has 0 aliphatic carbocycles. The average Bonchev–Trinajstić information content (AvgIpc) is 2.85. The third-order valence-corrected chi connectivity index (χ3v) is 5.29. The Labute approximate surface area is 206 Å². The van der Waals surface area contributed by atoms with Gasteiger partial charge in [-0.15, -0.1) is 0 Å². The molecule has 3 heterocycles. The molecule has 0 unspecified atom stereocenters. The number of rotatable bonds is 12. The molecule has 0 amide bonds. The lowest BCUT2D eigenvalue weighted by Crippen LogP contribution is -2.37. The van der Waals surface area contributed by atoms with Crippen LogP contribution in [0.5, 0.6) is 0 Å². The number of hydrogen-bond acceptors (Lipinski definition) is 10. The first-order valence-electron chi connectivity index (χ1n) is 11.8. The summed E-state index contributed by atoms with van der Waals surface area (Å²) in [5, 5.41) is 14.2. The first kappa shape index (κ1) is 26.0. The molecule has 1 aliphatic rings. The summed E-state index contributed by atoms with van der Waals surface area (Å²) < 4.78 is 11.0. The van der Waals surface area contributed by atoms with Crippen LogP contribution in [0.25, 0.3) is 16.6 Å². The Kier molecular flexibility index (Phi) is 9.88. The van der Waals surface area contributed by atoms with E-state index in [-0.39, 0.29) is 6.10 Å². The van der Waals surface area contributed by atoms with Gasteiger partial charge < -0.3 is 37.0 Å². The molecule has 0 saturated carbocycles. The van der Waals surface area contributed by atoms with Crippen molar-refractivity contribution in [2.24, 2.45) is 11.5 Å². The predicted octanol–water partition coefficient (Wildman–Crippen LogP) is 2.37. The Morgan fingerprint density at radius 2 is 2.09 bits per heavy atom. The van der Waals surface area contributed by atoms with Gasteiger partial charge in [-0.25, -0.2) is 4.98 Å². The van der Waals surface area contributed by atoms with Crippen LogP contribution in [0.1, 0.15) is 25.8 Å². The highest BCUT2D eigenvalue weighted by molar-refractivity contribution is 6.08. The molecule has 0 aromatic carbocycles. The largest absolute Gasteiger partial charge is 0.489 e. The number of fused-ring (bicyclic) bond motifs is 1. The topological polar surface area (TPSA) is 147 Å². The van der Waals surface area contributed by atoms with Crippen molar-refractivity contribution in [1.82, 2.24) is 20.2 Å². The standard InChI is InChI=1S/C25H36N8O2/c1-18(2)35-21(15-27)13-24(28)32-25-5-4-22-23(31-25)12-19(17-30-22)20(14-26)16-29-6-3-7-33-8-10-34-11-9-33/h4-5,12-18,26,29H,3,6-11,27-28H2,1-2H3,(H,31,32)/b20-16+,21-15+,24-13+,26-14?. The van der Waals surface area contributed by atoms with Crippen LogP contribution in [0.3, 0.4) is 0 Å². The van der Waals surface area contributed by atoms with Gasteiger partial charge in [0.25, 0.3) is 0 Å². The molecule has 10 nitrogen and oxygen atoms in total. The number of allylic oxidation sites excluding steroid dienone is 2. The number of ether oxygens (including phenoxy) is 2. The molecule has 1 fully saturated rings. The van der Waals surface area contributed by atoms with Crippen molar-refractivity contribution in [3.8, 4) is 0 Å². The Morgan fingerprint density at radius 3 is 2.80 bits per heavy atom. The monoisotopic (exact) mass is 480 g/mol. The van der Waals surface area contributed by atoms with E-state index in [1.807, 2.05) is 32.2 Å². The second-order valence-electron chi connectivity index (χ2n) is 8.42. The van der Waals surface area contributed by atoms with Crippen LogP contribution in [0.2, 0.25) is 0 Å². The van der Waals surface area contributed by atoms with Gasteiger partial charge in [-0.1, -0.05) is 0 Å². The molecular formula is C25H36N8O2. The van der Waals surface area contributed by atoms with E-state index in [0.717, 1.165) is 62.5 Å². The molecule has 10 heteroatoms. The third-order valence-electron chi connectivity index (χ3n) is 5.29. The fraction of sp³-hybridized carbons (Fsp3) is 0.400. The lowest BCUT2D eigenvalue weighted by Gasteiger charge is -2.26. The quantitative estimate of drug-likeness (QED) is 0.134. The number of nitrogens with two attached hydrogens (primary N) is 2. The second kappa shape index (κ2) is 13.3. The highest BCUT2D eigenvalue weighted by Crippen LogP contribution is 2.19. The number of pyridine rings is 2. The van der Waals surface area contributed by atoms with Gasteiger partial charge in [-0.05, 0) is 45.0 Å². The molecule has 0 spiro atoms. The number of nitrogens with zero attached hydrogens (tertiary/aromatic N) is 3. The Bertz CT molecular complexity index is 1070. The minimum Gasteiger partial charge on any atom is -0.489 e. The highest BCUT2D eigenvalue weighted by Gasteiger charge is 2.09. The van der Waals surface area contributed by atoms with Crippen molar-refractivity contribution < 1.29 is 9.47 Å². The SMILES string of the molecule is CC(C)OC(/C=C(\N)Nc1ccc2ncc(/C(C=N)=C/NCCCN3CCOCC3)cc2n1)=C/N. The molecule has 35 heavy (non-hydrogen) atoms. The zero-order chi connectivity index (χ0) is 25.0. The second-order valence-corrected chi connectivity index (χ2v) is 8.42. The maximum atomic E-state index is 7.85. The van der Waals surface area contributed by atoms with E-state index in [1.165, 1.54) is 12.4 Å². The summed E-state index contributed by atoms with van der Waals surface area (Å²) in [4.78, 5) is 11.5. The predicted molar refractivity (Wildman–Crippen MR) is 141 cm³/mol. The van der Waals surface area contributed by atoms with Crippen molar-refractivity contribution in [3.05, 3.63) is 60.0 Å². The Balaban J connectivity index is 1.64. The number of hydrogen-bond donors (Lipinski definition) is 5. The van der Waals surface area contributed by atoms with Crippen molar-refractivity contribution in [1.29, 1.82) is 5.41 Å². The van der Waals surface area contributed by atoms with Gasteiger partial charge in [0.1, 0.15) is 17.4 Å².